The third-order valence-corrected chi connectivity index (χ3v) is 2.10. The van der Waals surface area contributed by atoms with E-state index < -0.39 is 12.1 Å². The summed E-state index contributed by atoms with van der Waals surface area (Å²) in [6.07, 6.45) is 0.423. The van der Waals surface area contributed by atoms with Gasteiger partial charge in [-0.2, -0.15) is 0 Å². The SMILES string of the molecule is O=C1N[C@@H](CCO)C(=O)NC1CCO. The molecular formula is C8H14N2O4. The normalized spacial score (nSPS) is 27.0. The number of rotatable bonds is 4. The minimum absolute atomic E-state index is 0.150. The molecule has 0 radical (unpaired) electrons. The Labute approximate surface area is 81.3 Å². The van der Waals surface area contributed by atoms with Gasteiger partial charge >= 0.3 is 0 Å². The smallest absolute Gasteiger partial charge is 0.243 e. The Bertz CT molecular complexity index is 207. The molecule has 0 bridgehead atoms. The molecule has 1 fully saturated rings. The molecule has 0 spiro atoms. The Hall–Kier alpha value is -1.14. The van der Waals surface area contributed by atoms with Crippen LogP contribution < -0.4 is 10.6 Å². The second kappa shape index (κ2) is 4.92. The highest BCUT2D eigenvalue weighted by molar-refractivity contribution is 5.96. The summed E-state index contributed by atoms with van der Waals surface area (Å²) in [5, 5.41) is 22.2. The summed E-state index contributed by atoms with van der Waals surface area (Å²) in [5.41, 5.74) is 0. The number of aliphatic hydroxyl groups excluding tert-OH is 2. The number of aliphatic hydroxyl groups is 2. The zero-order chi connectivity index (χ0) is 10.6. The molecule has 2 atom stereocenters. The highest BCUT2D eigenvalue weighted by atomic mass is 16.3. The summed E-state index contributed by atoms with van der Waals surface area (Å²) in [6.45, 7) is -0.300. The van der Waals surface area contributed by atoms with Gasteiger partial charge in [-0.25, -0.2) is 0 Å². The van der Waals surface area contributed by atoms with Crippen molar-refractivity contribution >= 4 is 11.8 Å². The van der Waals surface area contributed by atoms with Gasteiger partial charge in [0.2, 0.25) is 11.8 Å². The van der Waals surface area contributed by atoms with Crippen LogP contribution in [0.25, 0.3) is 0 Å². The molecule has 0 saturated carbocycles. The van der Waals surface area contributed by atoms with E-state index in [-0.39, 0.29) is 37.9 Å². The maximum absolute atomic E-state index is 11.3. The molecule has 6 heteroatoms. The first-order valence-corrected chi connectivity index (χ1v) is 4.51. The minimum atomic E-state index is -0.651. The lowest BCUT2D eigenvalue weighted by Gasteiger charge is -2.28. The van der Waals surface area contributed by atoms with Crippen molar-refractivity contribution in [2.75, 3.05) is 13.2 Å². The maximum Gasteiger partial charge on any atom is 0.243 e. The van der Waals surface area contributed by atoms with E-state index in [4.69, 9.17) is 10.2 Å². The van der Waals surface area contributed by atoms with Gasteiger partial charge in [0.25, 0.3) is 0 Å². The average molecular weight is 202 g/mol. The summed E-state index contributed by atoms with van der Waals surface area (Å²) in [4.78, 5) is 22.6. The van der Waals surface area contributed by atoms with Gasteiger partial charge in [0.15, 0.2) is 0 Å². The van der Waals surface area contributed by atoms with Gasteiger partial charge < -0.3 is 20.8 Å². The summed E-state index contributed by atoms with van der Waals surface area (Å²) in [7, 11) is 0. The molecule has 0 aromatic heterocycles. The van der Waals surface area contributed by atoms with Crippen LogP contribution in [0, 0.1) is 0 Å². The molecule has 0 aliphatic carbocycles. The molecule has 1 unspecified atom stereocenters. The molecule has 0 aromatic carbocycles. The van der Waals surface area contributed by atoms with E-state index in [0.717, 1.165) is 0 Å². The van der Waals surface area contributed by atoms with E-state index in [1.165, 1.54) is 0 Å². The van der Waals surface area contributed by atoms with E-state index in [0.29, 0.717) is 0 Å². The van der Waals surface area contributed by atoms with E-state index in [1.807, 2.05) is 0 Å². The van der Waals surface area contributed by atoms with Crippen LogP contribution in [-0.2, 0) is 9.59 Å². The van der Waals surface area contributed by atoms with Gasteiger partial charge in [-0.05, 0) is 12.8 Å². The summed E-state index contributed by atoms with van der Waals surface area (Å²) >= 11 is 0. The van der Waals surface area contributed by atoms with Crippen LogP contribution in [0.1, 0.15) is 12.8 Å². The molecule has 4 N–H and O–H groups in total. The van der Waals surface area contributed by atoms with Crippen molar-refractivity contribution in [2.45, 2.75) is 24.9 Å². The Kier molecular flexibility index (Phi) is 3.84. The number of nitrogens with one attached hydrogen (secondary N) is 2. The van der Waals surface area contributed by atoms with Gasteiger partial charge in [-0.1, -0.05) is 0 Å². The van der Waals surface area contributed by atoms with Crippen LogP contribution in [0.3, 0.4) is 0 Å². The number of amides is 2. The summed E-state index contributed by atoms with van der Waals surface area (Å²) < 4.78 is 0. The third kappa shape index (κ3) is 2.43. The predicted molar refractivity (Wildman–Crippen MR) is 47.3 cm³/mol. The van der Waals surface area contributed by atoms with E-state index in [1.54, 1.807) is 0 Å². The summed E-state index contributed by atoms with van der Waals surface area (Å²) in [6, 6.07) is -1.30. The molecule has 1 saturated heterocycles. The van der Waals surface area contributed by atoms with Crippen molar-refractivity contribution in [3.63, 3.8) is 0 Å². The fourth-order valence-corrected chi connectivity index (χ4v) is 1.34. The lowest BCUT2D eigenvalue weighted by Crippen LogP contribution is -2.61. The van der Waals surface area contributed by atoms with Crippen LogP contribution in [0.2, 0.25) is 0 Å². The van der Waals surface area contributed by atoms with Crippen molar-refractivity contribution in [3.05, 3.63) is 0 Å². The molecule has 1 aliphatic heterocycles. The Morgan fingerprint density at radius 3 is 1.57 bits per heavy atom. The van der Waals surface area contributed by atoms with Crippen LogP contribution in [-0.4, -0.2) is 47.3 Å². The molecular weight excluding hydrogens is 188 g/mol. The molecule has 6 nitrogen and oxygen atoms in total. The highest BCUT2D eigenvalue weighted by Crippen LogP contribution is 2.03. The Balaban J connectivity index is 2.53. The fourth-order valence-electron chi connectivity index (χ4n) is 1.34. The van der Waals surface area contributed by atoms with E-state index >= 15 is 0 Å². The van der Waals surface area contributed by atoms with Crippen molar-refractivity contribution in [3.8, 4) is 0 Å². The lowest BCUT2D eigenvalue weighted by molar-refractivity contribution is -0.137. The average Bonchev–Trinajstić information content (AvgIpc) is 2.14. The molecule has 1 heterocycles. The second-order valence-corrected chi connectivity index (χ2v) is 3.15. The summed E-state index contributed by atoms with van der Waals surface area (Å²) in [5.74, 6) is -0.616. The van der Waals surface area contributed by atoms with Crippen molar-refractivity contribution in [1.82, 2.24) is 10.6 Å². The van der Waals surface area contributed by atoms with Gasteiger partial charge in [-0.3, -0.25) is 9.59 Å². The van der Waals surface area contributed by atoms with Crippen molar-refractivity contribution in [2.24, 2.45) is 0 Å². The standard InChI is InChI=1S/C8H14N2O4/c11-3-1-5-7(13)10-6(2-4-12)8(14)9-5/h5-6,11-12H,1-4H2,(H,9,14)(H,10,13)/t5-,6?/m0/s1. The third-order valence-electron chi connectivity index (χ3n) is 2.10. The maximum atomic E-state index is 11.3. The van der Waals surface area contributed by atoms with Crippen molar-refractivity contribution in [1.29, 1.82) is 0 Å². The number of piperazine rings is 1. The number of hydrogen-bond acceptors (Lipinski definition) is 4. The molecule has 0 aromatic rings. The van der Waals surface area contributed by atoms with Crippen molar-refractivity contribution < 1.29 is 19.8 Å². The zero-order valence-corrected chi connectivity index (χ0v) is 7.69. The highest BCUT2D eigenvalue weighted by Gasteiger charge is 2.32. The quantitative estimate of drug-likeness (QED) is 0.413. The van der Waals surface area contributed by atoms with Gasteiger partial charge in [0.1, 0.15) is 12.1 Å². The number of carbonyl (C=O) groups is 2. The minimum Gasteiger partial charge on any atom is -0.396 e. The Morgan fingerprint density at radius 2 is 1.29 bits per heavy atom. The first-order chi connectivity index (χ1) is 6.69. The monoisotopic (exact) mass is 202 g/mol. The topological polar surface area (TPSA) is 98.7 Å². The second-order valence-electron chi connectivity index (χ2n) is 3.15. The molecule has 80 valence electrons. The van der Waals surface area contributed by atoms with Crippen LogP contribution in [0.15, 0.2) is 0 Å². The molecule has 1 aliphatic rings. The first-order valence-electron chi connectivity index (χ1n) is 4.51. The van der Waals surface area contributed by atoms with Gasteiger partial charge in [0, 0.05) is 13.2 Å². The number of carbonyl (C=O) groups excluding carboxylic acids is 2. The van der Waals surface area contributed by atoms with Crippen LogP contribution in [0.4, 0.5) is 0 Å². The zero-order valence-electron chi connectivity index (χ0n) is 7.69. The molecule has 2 amide bonds. The fraction of sp³-hybridized carbons (Fsp3) is 0.750. The number of hydrogen-bond donors (Lipinski definition) is 4. The molecule has 14 heavy (non-hydrogen) atoms. The van der Waals surface area contributed by atoms with Gasteiger partial charge in [0.05, 0.1) is 0 Å². The molecule has 1 rings (SSSR count). The van der Waals surface area contributed by atoms with E-state index in [9.17, 15) is 9.59 Å². The lowest BCUT2D eigenvalue weighted by atomic mass is 10.1. The van der Waals surface area contributed by atoms with Crippen LogP contribution >= 0.6 is 0 Å². The Morgan fingerprint density at radius 1 is 0.929 bits per heavy atom. The predicted octanol–water partition coefficient (Wildman–Crippen LogP) is -2.27. The largest absolute Gasteiger partial charge is 0.396 e. The van der Waals surface area contributed by atoms with E-state index in [2.05, 4.69) is 10.6 Å². The first kappa shape index (κ1) is 10.9. The van der Waals surface area contributed by atoms with Crippen LogP contribution in [0.5, 0.6) is 0 Å². The van der Waals surface area contributed by atoms with Gasteiger partial charge in [-0.15, -0.1) is 0 Å².